The minimum Gasteiger partial charge on any atom is -0.399 e. The van der Waals surface area contributed by atoms with Gasteiger partial charge in [0, 0.05) is 47.8 Å². The lowest BCUT2D eigenvalue weighted by atomic mass is 10.3. The van der Waals surface area contributed by atoms with Crippen molar-refractivity contribution in [3.8, 4) is 0 Å². The monoisotopic (exact) mass is 379 g/mol. The number of hydrogen-bond acceptors (Lipinski definition) is 5. The third-order valence-electron chi connectivity index (χ3n) is 3.07. The van der Waals surface area contributed by atoms with Crippen molar-refractivity contribution in [3.63, 3.8) is 0 Å². The Kier molecular flexibility index (Phi) is 5.74. The molecule has 0 spiro atoms. The van der Waals surface area contributed by atoms with Crippen molar-refractivity contribution in [2.45, 2.75) is 4.90 Å². The molecule has 0 unspecified atom stereocenters. The highest BCUT2D eigenvalue weighted by Crippen LogP contribution is 2.23. The zero-order chi connectivity index (χ0) is 14.6. The number of hydrogen-bond donors (Lipinski definition) is 2. The summed E-state index contributed by atoms with van der Waals surface area (Å²) < 4.78 is 27.5. The Hall–Kier alpha value is -0.280. The van der Waals surface area contributed by atoms with Gasteiger partial charge < -0.3 is 10.6 Å². The van der Waals surface area contributed by atoms with Gasteiger partial charge in [-0.05, 0) is 34.1 Å². The number of nitrogens with two attached hydrogens (primary N) is 1. The van der Waals surface area contributed by atoms with Gasteiger partial charge in [0.25, 0.3) is 0 Å². The second kappa shape index (κ2) is 7.13. The van der Waals surface area contributed by atoms with E-state index in [4.69, 9.17) is 5.73 Å². The largest absolute Gasteiger partial charge is 0.399 e. The summed E-state index contributed by atoms with van der Waals surface area (Å²) in [5, 5.41) is 0. The first-order valence-corrected chi connectivity index (χ1v) is 9.77. The number of rotatable bonds is 5. The van der Waals surface area contributed by atoms with E-state index in [0.29, 0.717) is 16.7 Å². The maximum atomic E-state index is 12.2. The molecule has 0 aliphatic carbocycles. The highest BCUT2D eigenvalue weighted by Gasteiger charge is 2.18. The van der Waals surface area contributed by atoms with Crippen molar-refractivity contribution in [3.05, 3.63) is 22.7 Å². The molecule has 8 heteroatoms. The summed E-state index contributed by atoms with van der Waals surface area (Å²) in [5.74, 6) is 2.24. The molecule has 1 aromatic carbocycles. The van der Waals surface area contributed by atoms with E-state index in [9.17, 15) is 8.42 Å². The summed E-state index contributed by atoms with van der Waals surface area (Å²) in [4.78, 5) is 2.50. The van der Waals surface area contributed by atoms with E-state index in [1.807, 2.05) is 11.8 Å². The Labute approximate surface area is 132 Å². The van der Waals surface area contributed by atoms with E-state index >= 15 is 0 Å². The fourth-order valence-corrected chi connectivity index (χ4v) is 5.07. The van der Waals surface area contributed by atoms with Crippen LogP contribution in [0.2, 0.25) is 0 Å². The van der Waals surface area contributed by atoms with Gasteiger partial charge in [0.2, 0.25) is 10.0 Å². The molecule has 1 aromatic rings. The van der Waals surface area contributed by atoms with Crippen molar-refractivity contribution in [2.75, 3.05) is 43.4 Å². The van der Waals surface area contributed by atoms with Crippen LogP contribution >= 0.6 is 27.7 Å². The molecule has 1 fully saturated rings. The van der Waals surface area contributed by atoms with E-state index in [1.165, 1.54) is 6.07 Å². The lowest BCUT2D eigenvalue weighted by Gasteiger charge is -2.26. The molecule has 112 valence electrons. The maximum absolute atomic E-state index is 12.2. The lowest BCUT2D eigenvalue weighted by molar-refractivity contribution is 0.307. The van der Waals surface area contributed by atoms with Crippen molar-refractivity contribution < 1.29 is 8.42 Å². The summed E-state index contributed by atoms with van der Waals surface area (Å²) >= 11 is 5.18. The van der Waals surface area contributed by atoms with Gasteiger partial charge in [-0.1, -0.05) is 0 Å². The first kappa shape index (κ1) is 16.1. The molecule has 0 amide bonds. The second-order valence-corrected chi connectivity index (χ2v) is 8.36. The minimum atomic E-state index is -3.49. The van der Waals surface area contributed by atoms with Crippen LogP contribution in [0.5, 0.6) is 0 Å². The van der Waals surface area contributed by atoms with E-state index in [-0.39, 0.29) is 4.90 Å². The van der Waals surface area contributed by atoms with Crippen molar-refractivity contribution in [1.29, 1.82) is 0 Å². The summed E-state index contributed by atoms with van der Waals surface area (Å²) in [6.45, 7) is 3.21. The van der Waals surface area contributed by atoms with Gasteiger partial charge >= 0.3 is 0 Å². The highest BCUT2D eigenvalue weighted by molar-refractivity contribution is 9.10. The Bertz CT molecular complexity index is 560. The van der Waals surface area contributed by atoms with Crippen LogP contribution in [0.15, 0.2) is 27.6 Å². The van der Waals surface area contributed by atoms with Crippen LogP contribution in [0.4, 0.5) is 5.69 Å². The third kappa shape index (κ3) is 4.36. The third-order valence-corrected chi connectivity index (χ3v) is 6.45. The van der Waals surface area contributed by atoms with Crippen LogP contribution in [0, 0.1) is 0 Å². The summed E-state index contributed by atoms with van der Waals surface area (Å²) in [6.07, 6.45) is 0. The highest BCUT2D eigenvalue weighted by atomic mass is 79.9. The second-order valence-electron chi connectivity index (χ2n) is 4.54. The van der Waals surface area contributed by atoms with E-state index in [2.05, 4.69) is 25.6 Å². The average molecular weight is 380 g/mol. The summed E-state index contributed by atoms with van der Waals surface area (Å²) in [7, 11) is -3.49. The number of thioether (sulfide) groups is 1. The van der Waals surface area contributed by atoms with Crippen LogP contribution in [0.1, 0.15) is 0 Å². The van der Waals surface area contributed by atoms with Gasteiger partial charge in [0.05, 0.1) is 4.90 Å². The minimum absolute atomic E-state index is 0.223. The van der Waals surface area contributed by atoms with Gasteiger partial charge in [-0.2, -0.15) is 11.8 Å². The van der Waals surface area contributed by atoms with Crippen LogP contribution in [-0.4, -0.2) is 51.0 Å². The van der Waals surface area contributed by atoms with Gasteiger partial charge in [-0.15, -0.1) is 0 Å². The number of nitrogens with zero attached hydrogens (tertiary/aromatic N) is 1. The molecule has 3 N–H and O–H groups in total. The summed E-state index contributed by atoms with van der Waals surface area (Å²) in [5.41, 5.74) is 6.14. The van der Waals surface area contributed by atoms with Gasteiger partial charge in [0.15, 0.2) is 0 Å². The SMILES string of the molecule is Nc1ccc(S(=O)(=O)NCCN2CCSCC2)c(Br)c1. The Balaban J connectivity index is 1.93. The first-order valence-electron chi connectivity index (χ1n) is 6.34. The maximum Gasteiger partial charge on any atom is 0.241 e. The predicted molar refractivity (Wildman–Crippen MR) is 87.5 cm³/mol. The van der Waals surface area contributed by atoms with E-state index in [1.54, 1.807) is 12.1 Å². The average Bonchev–Trinajstić information content (AvgIpc) is 2.39. The van der Waals surface area contributed by atoms with Crippen molar-refractivity contribution in [2.24, 2.45) is 0 Å². The fourth-order valence-electron chi connectivity index (χ4n) is 1.98. The van der Waals surface area contributed by atoms with E-state index < -0.39 is 10.0 Å². The molecule has 1 heterocycles. The molecule has 0 radical (unpaired) electrons. The van der Waals surface area contributed by atoms with Crippen LogP contribution in [-0.2, 0) is 10.0 Å². The number of sulfonamides is 1. The lowest BCUT2D eigenvalue weighted by Crippen LogP contribution is -2.39. The molecule has 20 heavy (non-hydrogen) atoms. The van der Waals surface area contributed by atoms with Gasteiger partial charge in [-0.3, -0.25) is 0 Å². The quantitative estimate of drug-likeness (QED) is 0.755. The van der Waals surface area contributed by atoms with Gasteiger partial charge in [-0.25, -0.2) is 13.1 Å². The van der Waals surface area contributed by atoms with Gasteiger partial charge in [0.1, 0.15) is 0 Å². The van der Waals surface area contributed by atoms with E-state index in [0.717, 1.165) is 31.1 Å². The molecule has 1 aliphatic heterocycles. The molecular weight excluding hydrogens is 362 g/mol. The molecule has 1 saturated heterocycles. The number of halogens is 1. The molecule has 0 aromatic heterocycles. The zero-order valence-corrected chi connectivity index (χ0v) is 14.2. The number of anilines is 1. The number of nitrogens with one attached hydrogen (secondary N) is 1. The van der Waals surface area contributed by atoms with Crippen LogP contribution < -0.4 is 10.5 Å². The molecule has 2 rings (SSSR count). The zero-order valence-electron chi connectivity index (χ0n) is 11.0. The first-order chi connectivity index (χ1) is 9.49. The standard InChI is InChI=1S/C12H18BrN3O2S2/c13-11-9-10(14)1-2-12(11)20(17,18)15-3-4-16-5-7-19-8-6-16/h1-2,9,15H,3-8,14H2. The number of benzene rings is 1. The Morgan fingerprint density at radius 2 is 2.05 bits per heavy atom. The Morgan fingerprint density at radius 3 is 2.70 bits per heavy atom. The molecule has 0 saturated carbocycles. The smallest absolute Gasteiger partial charge is 0.241 e. The molecular formula is C12H18BrN3O2S2. The predicted octanol–water partition coefficient (Wildman–Crippen LogP) is 1.36. The molecule has 1 aliphatic rings. The molecule has 0 bridgehead atoms. The van der Waals surface area contributed by atoms with Crippen LogP contribution in [0.3, 0.4) is 0 Å². The molecule has 0 atom stereocenters. The molecule has 5 nitrogen and oxygen atoms in total. The van der Waals surface area contributed by atoms with Crippen molar-refractivity contribution in [1.82, 2.24) is 9.62 Å². The fraction of sp³-hybridized carbons (Fsp3) is 0.500. The topological polar surface area (TPSA) is 75.4 Å². The normalized spacial score (nSPS) is 17.2. The number of nitrogen functional groups attached to an aromatic ring is 1. The summed E-state index contributed by atoms with van der Waals surface area (Å²) in [6, 6.07) is 4.69. The van der Waals surface area contributed by atoms with Crippen molar-refractivity contribution >= 4 is 43.4 Å². The van der Waals surface area contributed by atoms with Crippen LogP contribution in [0.25, 0.3) is 0 Å². The Morgan fingerprint density at radius 1 is 1.35 bits per heavy atom.